The Morgan fingerprint density at radius 2 is 1.86 bits per heavy atom. The van der Waals surface area contributed by atoms with E-state index in [-0.39, 0.29) is 19.0 Å². The summed E-state index contributed by atoms with van der Waals surface area (Å²) in [6, 6.07) is 0.0782. The number of hydrogen-bond donors (Lipinski definition) is 1. The highest BCUT2D eigenvalue weighted by Gasteiger charge is 2.20. The van der Waals surface area contributed by atoms with Crippen LogP contribution in [0.2, 0.25) is 0 Å². The maximum absolute atomic E-state index is 13.4. The Hall–Kier alpha value is -1.65. The molecule has 9 heteroatoms. The largest absolute Gasteiger partial charge is 0.321 e. The van der Waals surface area contributed by atoms with Gasteiger partial charge in [-0.25, -0.2) is 17.6 Å². The fourth-order valence-corrected chi connectivity index (χ4v) is 2.14. The second-order valence-electron chi connectivity index (χ2n) is 4.47. The van der Waals surface area contributed by atoms with Gasteiger partial charge in [-0.15, -0.1) is 0 Å². The van der Waals surface area contributed by atoms with Crippen molar-refractivity contribution in [3.05, 3.63) is 44.8 Å². The number of anilines is 1. The number of carbonyl (C=O) groups excluding carboxylic acids is 1. The Bertz CT molecular complexity index is 687. The van der Waals surface area contributed by atoms with E-state index in [0.29, 0.717) is 0 Å². The van der Waals surface area contributed by atoms with Crippen LogP contribution in [-0.4, -0.2) is 15.7 Å². The number of rotatable bonds is 4. The number of nitrogens with zero attached hydrogens (tertiary/aromatic N) is 2. The number of amides is 1. The van der Waals surface area contributed by atoms with E-state index < -0.39 is 34.9 Å². The molecule has 1 aromatic heterocycles. The average molecular weight is 427 g/mol. The summed E-state index contributed by atoms with van der Waals surface area (Å²) in [7, 11) is 0. The summed E-state index contributed by atoms with van der Waals surface area (Å²) < 4.78 is 55.3. The number of aryl methyl sites for hydroxylation is 2. The highest BCUT2D eigenvalue weighted by Crippen LogP contribution is 2.24. The van der Waals surface area contributed by atoms with Crippen molar-refractivity contribution in [2.24, 2.45) is 0 Å². The molecular formula is C13H10F4IN3O. The lowest BCUT2D eigenvalue weighted by Crippen LogP contribution is -2.17. The van der Waals surface area contributed by atoms with E-state index in [2.05, 4.69) is 27.7 Å². The highest BCUT2D eigenvalue weighted by atomic mass is 127. The van der Waals surface area contributed by atoms with Crippen molar-refractivity contribution < 1.29 is 22.4 Å². The van der Waals surface area contributed by atoms with Gasteiger partial charge in [0.05, 0.1) is 9.26 Å². The lowest BCUT2D eigenvalue weighted by atomic mass is 10.2. The molecule has 0 radical (unpaired) electrons. The molecule has 0 atom stereocenters. The number of nitrogens with one attached hydrogen (secondary N) is 1. The molecule has 0 aliphatic carbocycles. The van der Waals surface area contributed by atoms with Gasteiger partial charge < -0.3 is 5.32 Å². The normalized spacial score (nSPS) is 10.8. The fourth-order valence-electron chi connectivity index (χ4n) is 1.71. The summed E-state index contributed by atoms with van der Waals surface area (Å²) in [4.78, 5) is 11.7. The first-order valence-electron chi connectivity index (χ1n) is 6.12. The zero-order valence-electron chi connectivity index (χ0n) is 11.3. The third-order valence-electron chi connectivity index (χ3n) is 2.83. The van der Waals surface area contributed by atoms with Crippen molar-refractivity contribution >= 4 is 34.2 Å². The number of halogens is 5. The van der Waals surface area contributed by atoms with Crippen molar-refractivity contribution in [1.29, 1.82) is 0 Å². The Kier molecular flexibility index (Phi) is 5.04. The third-order valence-corrected chi connectivity index (χ3v) is 3.89. The molecule has 0 bridgehead atoms. The van der Waals surface area contributed by atoms with Crippen molar-refractivity contribution in [3.63, 3.8) is 0 Å². The maximum atomic E-state index is 13.4. The number of hydrogen-bond acceptors (Lipinski definition) is 2. The van der Waals surface area contributed by atoms with Crippen molar-refractivity contribution in [2.75, 3.05) is 5.32 Å². The second-order valence-corrected chi connectivity index (χ2v) is 5.63. The third kappa shape index (κ3) is 3.57. The number of aromatic nitrogens is 2. The maximum Gasteiger partial charge on any atom is 0.226 e. The van der Waals surface area contributed by atoms with Crippen LogP contribution < -0.4 is 5.32 Å². The zero-order valence-corrected chi connectivity index (χ0v) is 13.4. The van der Waals surface area contributed by atoms with E-state index in [1.165, 1.54) is 4.68 Å². The molecule has 1 heterocycles. The predicted molar refractivity (Wildman–Crippen MR) is 79.2 cm³/mol. The van der Waals surface area contributed by atoms with E-state index in [4.69, 9.17) is 0 Å². The molecule has 1 aromatic carbocycles. The van der Waals surface area contributed by atoms with Gasteiger partial charge in [-0.3, -0.25) is 9.48 Å². The van der Waals surface area contributed by atoms with Crippen LogP contribution in [0, 0.1) is 33.8 Å². The van der Waals surface area contributed by atoms with Crippen molar-refractivity contribution in [3.8, 4) is 0 Å². The van der Waals surface area contributed by atoms with E-state index >= 15 is 0 Å². The molecule has 118 valence electrons. The molecular weight excluding hydrogens is 417 g/mol. The molecule has 1 N–H and O–H groups in total. The predicted octanol–water partition coefficient (Wildman–Crippen LogP) is 3.38. The second kappa shape index (κ2) is 6.63. The van der Waals surface area contributed by atoms with Crippen LogP contribution in [0.15, 0.2) is 12.3 Å². The van der Waals surface area contributed by atoms with Gasteiger partial charge >= 0.3 is 0 Å². The quantitative estimate of drug-likeness (QED) is 0.462. The van der Waals surface area contributed by atoms with E-state index in [1.54, 1.807) is 13.1 Å². The van der Waals surface area contributed by atoms with Gasteiger partial charge in [0.1, 0.15) is 5.69 Å². The molecule has 0 unspecified atom stereocenters. The van der Waals surface area contributed by atoms with Gasteiger partial charge in [-0.05, 0) is 29.5 Å². The fraction of sp³-hybridized carbons (Fsp3) is 0.231. The smallest absolute Gasteiger partial charge is 0.226 e. The standard InChI is InChI=1S/C13H10F4IN3O/c1-6-9(18)5-21(20-6)3-2-10(22)19-13-11(16)7(14)4-8(15)12(13)17/h4-5H,2-3H2,1H3,(H,19,22). The molecule has 0 saturated carbocycles. The first-order valence-corrected chi connectivity index (χ1v) is 7.20. The zero-order chi connectivity index (χ0) is 16.4. The highest BCUT2D eigenvalue weighted by molar-refractivity contribution is 14.1. The molecule has 4 nitrogen and oxygen atoms in total. The number of carbonyl (C=O) groups is 1. The van der Waals surface area contributed by atoms with Gasteiger partial charge in [0.25, 0.3) is 0 Å². The molecule has 0 fully saturated rings. The van der Waals surface area contributed by atoms with Crippen molar-refractivity contribution in [1.82, 2.24) is 9.78 Å². The Balaban J connectivity index is 2.06. The van der Waals surface area contributed by atoms with Crippen LogP contribution >= 0.6 is 22.6 Å². The van der Waals surface area contributed by atoms with Crippen LogP contribution in [0.1, 0.15) is 12.1 Å². The van der Waals surface area contributed by atoms with Crippen LogP contribution in [-0.2, 0) is 11.3 Å². The van der Waals surface area contributed by atoms with Gasteiger partial charge in [-0.1, -0.05) is 0 Å². The van der Waals surface area contributed by atoms with Gasteiger partial charge in [0, 0.05) is 25.2 Å². The molecule has 1 amide bonds. The van der Waals surface area contributed by atoms with Crippen LogP contribution in [0.5, 0.6) is 0 Å². The first kappa shape index (κ1) is 16.7. The Labute approximate surface area is 136 Å². The monoisotopic (exact) mass is 427 g/mol. The molecule has 22 heavy (non-hydrogen) atoms. The first-order chi connectivity index (χ1) is 10.3. The SMILES string of the molecule is Cc1nn(CCC(=O)Nc2c(F)c(F)cc(F)c2F)cc1I. The molecule has 0 spiro atoms. The minimum absolute atomic E-state index is 0.0782. The van der Waals surface area contributed by atoms with Gasteiger partial charge in [0.15, 0.2) is 23.3 Å². The summed E-state index contributed by atoms with van der Waals surface area (Å²) in [6.45, 7) is 1.95. The van der Waals surface area contributed by atoms with Gasteiger partial charge in [0.2, 0.25) is 5.91 Å². The minimum atomic E-state index is -1.64. The van der Waals surface area contributed by atoms with E-state index in [9.17, 15) is 22.4 Å². The summed E-state index contributed by atoms with van der Waals surface area (Å²) >= 11 is 2.07. The molecule has 0 aliphatic rings. The summed E-state index contributed by atoms with van der Waals surface area (Å²) in [5.41, 5.74) is -0.348. The summed E-state index contributed by atoms with van der Waals surface area (Å²) in [5.74, 6) is -7.22. The van der Waals surface area contributed by atoms with Crippen molar-refractivity contribution in [2.45, 2.75) is 19.9 Å². The molecule has 2 aromatic rings. The van der Waals surface area contributed by atoms with Gasteiger partial charge in [-0.2, -0.15) is 5.10 Å². The molecule has 0 aliphatic heterocycles. The van der Waals surface area contributed by atoms with E-state index in [0.717, 1.165) is 9.26 Å². The lowest BCUT2D eigenvalue weighted by Gasteiger charge is -2.09. The topological polar surface area (TPSA) is 46.9 Å². The Morgan fingerprint density at radius 3 is 2.36 bits per heavy atom. The average Bonchev–Trinajstić information content (AvgIpc) is 2.78. The lowest BCUT2D eigenvalue weighted by molar-refractivity contribution is -0.116. The van der Waals surface area contributed by atoms with Crippen LogP contribution in [0.4, 0.5) is 23.2 Å². The summed E-state index contributed by atoms with van der Waals surface area (Å²) in [5, 5.41) is 5.95. The van der Waals surface area contributed by atoms with Crippen LogP contribution in [0.25, 0.3) is 0 Å². The molecule has 0 saturated heterocycles. The van der Waals surface area contributed by atoms with Crippen LogP contribution in [0.3, 0.4) is 0 Å². The number of benzene rings is 1. The van der Waals surface area contributed by atoms with E-state index in [1.807, 2.05) is 5.32 Å². The Morgan fingerprint density at radius 1 is 1.27 bits per heavy atom. The molecule has 2 rings (SSSR count). The minimum Gasteiger partial charge on any atom is -0.321 e. The summed E-state index contributed by atoms with van der Waals surface area (Å²) in [6.07, 6.45) is 1.54.